The van der Waals surface area contributed by atoms with Crippen LogP contribution in [-0.2, 0) is 4.79 Å². The normalized spacial score (nSPS) is 15.5. The van der Waals surface area contributed by atoms with Gasteiger partial charge in [-0.1, -0.05) is 71.6 Å². The molecule has 0 aliphatic carbocycles. The number of aliphatic hydroxyl groups excluding tert-OH is 1. The average Bonchev–Trinajstić information content (AvgIpc) is 2.50. The second-order valence-corrected chi connectivity index (χ2v) is 6.68. The summed E-state index contributed by atoms with van der Waals surface area (Å²) in [4.78, 5) is 11.3. The summed E-state index contributed by atoms with van der Waals surface area (Å²) < 4.78 is 0. The Hall–Kier alpha value is -0.610. The maximum atomic E-state index is 11.3. The molecule has 4 nitrogen and oxygen atoms in total. The second-order valence-electron chi connectivity index (χ2n) is 6.68. The largest absolute Gasteiger partial charge is 0.393 e. The van der Waals surface area contributed by atoms with Crippen molar-refractivity contribution in [1.82, 2.24) is 0 Å². The van der Waals surface area contributed by atoms with Crippen molar-refractivity contribution in [1.29, 1.82) is 0 Å². The topological polar surface area (TPSA) is 89.3 Å². The van der Waals surface area contributed by atoms with Crippen LogP contribution in [0, 0.1) is 0 Å². The van der Waals surface area contributed by atoms with E-state index < -0.39 is 11.4 Å². The first kappa shape index (κ1) is 21.4. The van der Waals surface area contributed by atoms with E-state index in [1.54, 1.807) is 0 Å². The van der Waals surface area contributed by atoms with Crippen molar-refractivity contribution < 1.29 is 9.90 Å². The molecule has 0 aliphatic heterocycles. The summed E-state index contributed by atoms with van der Waals surface area (Å²) in [6.45, 7) is 4.10. The van der Waals surface area contributed by atoms with E-state index >= 15 is 0 Å². The number of carbonyl (C=O) groups is 1. The van der Waals surface area contributed by atoms with E-state index in [-0.39, 0.29) is 6.10 Å². The van der Waals surface area contributed by atoms with Crippen LogP contribution in [0.25, 0.3) is 0 Å². The number of carbonyl (C=O) groups excluding carboxylic acids is 1. The van der Waals surface area contributed by atoms with Crippen LogP contribution in [0.2, 0.25) is 0 Å². The van der Waals surface area contributed by atoms with Gasteiger partial charge in [-0.25, -0.2) is 0 Å². The summed E-state index contributed by atoms with van der Waals surface area (Å²) in [6.07, 6.45) is 13.5. The van der Waals surface area contributed by atoms with E-state index in [0.717, 1.165) is 12.8 Å². The molecule has 0 saturated carbocycles. The Morgan fingerprint density at radius 1 is 0.955 bits per heavy atom. The number of aliphatic hydroxyl groups is 1. The van der Waals surface area contributed by atoms with Crippen molar-refractivity contribution in [3.05, 3.63) is 0 Å². The second kappa shape index (κ2) is 12.9. The minimum atomic E-state index is -0.959. The van der Waals surface area contributed by atoms with Crippen LogP contribution in [0.15, 0.2) is 0 Å². The molecule has 0 aromatic carbocycles. The molecule has 0 spiro atoms. The van der Waals surface area contributed by atoms with Gasteiger partial charge in [-0.3, -0.25) is 4.79 Å². The molecule has 2 atom stereocenters. The van der Waals surface area contributed by atoms with Crippen LogP contribution in [0.4, 0.5) is 0 Å². The number of nitrogens with two attached hydrogens (primary N) is 2. The lowest BCUT2D eigenvalue weighted by Gasteiger charge is -2.25. The fraction of sp³-hybridized carbons (Fsp3) is 0.944. The summed E-state index contributed by atoms with van der Waals surface area (Å²) in [5, 5.41) is 9.98. The van der Waals surface area contributed by atoms with Crippen LogP contribution < -0.4 is 11.5 Å². The molecule has 0 rings (SSSR count). The summed E-state index contributed by atoms with van der Waals surface area (Å²) in [5.41, 5.74) is 10.3. The van der Waals surface area contributed by atoms with Crippen LogP contribution in [0.5, 0.6) is 0 Å². The molecule has 22 heavy (non-hydrogen) atoms. The van der Waals surface area contributed by atoms with Crippen molar-refractivity contribution in [3.8, 4) is 0 Å². The van der Waals surface area contributed by atoms with Crippen molar-refractivity contribution >= 4 is 5.91 Å². The highest BCUT2D eigenvalue weighted by atomic mass is 16.3. The van der Waals surface area contributed by atoms with Crippen molar-refractivity contribution in [2.75, 3.05) is 0 Å². The lowest BCUT2D eigenvalue weighted by molar-refractivity contribution is -0.123. The van der Waals surface area contributed by atoms with Gasteiger partial charge in [0.1, 0.15) is 0 Å². The minimum Gasteiger partial charge on any atom is -0.393 e. The van der Waals surface area contributed by atoms with Crippen LogP contribution in [-0.4, -0.2) is 22.7 Å². The predicted molar refractivity (Wildman–Crippen MR) is 93.5 cm³/mol. The molecule has 132 valence electrons. The monoisotopic (exact) mass is 314 g/mol. The smallest absolute Gasteiger partial charge is 0.237 e. The molecule has 1 amide bonds. The molecular weight excluding hydrogens is 276 g/mol. The highest BCUT2D eigenvalue weighted by Gasteiger charge is 2.29. The summed E-state index contributed by atoms with van der Waals surface area (Å²) >= 11 is 0. The Kier molecular flexibility index (Phi) is 12.5. The first-order valence-corrected chi connectivity index (χ1v) is 9.23. The molecule has 4 heteroatoms. The zero-order valence-electron chi connectivity index (χ0n) is 14.8. The van der Waals surface area contributed by atoms with Crippen molar-refractivity contribution in [2.24, 2.45) is 11.5 Å². The van der Waals surface area contributed by atoms with Gasteiger partial charge in [0.25, 0.3) is 0 Å². The lowest BCUT2D eigenvalue weighted by atomic mass is 9.89. The van der Waals surface area contributed by atoms with Crippen LogP contribution in [0.3, 0.4) is 0 Å². The van der Waals surface area contributed by atoms with Gasteiger partial charge in [0, 0.05) is 0 Å². The summed E-state index contributed by atoms with van der Waals surface area (Å²) in [7, 11) is 0. The van der Waals surface area contributed by atoms with Crippen LogP contribution >= 0.6 is 0 Å². The Morgan fingerprint density at radius 3 is 1.91 bits per heavy atom. The van der Waals surface area contributed by atoms with Gasteiger partial charge >= 0.3 is 0 Å². The summed E-state index contributed by atoms with van der Waals surface area (Å²) in [5.74, 6) is -0.467. The number of primary amides is 1. The first-order chi connectivity index (χ1) is 10.5. The molecule has 0 heterocycles. The Labute approximate surface area is 137 Å². The van der Waals surface area contributed by atoms with E-state index in [4.69, 9.17) is 11.5 Å². The molecule has 0 radical (unpaired) electrons. The third-order valence-electron chi connectivity index (χ3n) is 4.69. The van der Waals surface area contributed by atoms with E-state index in [0.29, 0.717) is 19.3 Å². The maximum absolute atomic E-state index is 11.3. The van der Waals surface area contributed by atoms with Gasteiger partial charge in [-0.15, -0.1) is 0 Å². The molecule has 0 fully saturated rings. The highest BCUT2D eigenvalue weighted by Crippen LogP contribution is 2.18. The fourth-order valence-electron chi connectivity index (χ4n) is 2.73. The molecule has 0 saturated heterocycles. The van der Waals surface area contributed by atoms with Gasteiger partial charge in [0.15, 0.2) is 0 Å². The molecule has 0 aliphatic rings. The zero-order valence-corrected chi connectivity index (χ0v) is 14.8. The molecule has 0 aromatic heterocycles. The van der Waals surface area contributed by atoms with Gasteiger partial charge in [0.05, 0.1) is 11.6 Å². The molecule has 2 unspecified atom stereocenters. The molecule has 0 bridgehead atoms. The number of hydrogen-bond acceptors (Lipinski definition) is 3. The van der Waals surface area contributed by atoms with E-state index in [2.05, 4.69) is 6.92 Å². The van der Waals surface area contributed by atoms with Gasteiger partial charge in [-0.2, -0.15) is 0 Å². The summed E-state index contributed by atoms with van der Waals surface area (Å²) in [6, 6.07) is 0. The Morgan fingerprint density at radius 2 is 1.45 bits per heavy atom. The third kappa shape index (κ3) is 10.2. The maximum Gasteiger partial charge on any atom is 0.237 e. The number of rotatable bonds is 15. The van der Waals surface area contributed by atoms with Crippen LogP contribution in [0.1, 0.15) is 97.3 Å². The number of amides is 1. The fourth-order valence-corrected chi connectivity index (χ4v) is 2.73. The van der Waals surface area contributed by atoms with Gasteiger partial charge < -0.3 is 16.6 Å². The van der Waals surface area contributed by atoms with E-state index in [9.17, 15) is 9.90 Å². The molecule has 0 aromatic rings. The first-order valence-electron chi connectivity index (χ1n) is 9.23. The Balaban J connectivity index is 3.54. The third-order valence-corrected chi connectivity index (χ3v) is 4.69. The standard InChI is InChI=1S/C18H38N2O2/c1-3-5-6-7-8-9-10-11-12-13-16(21)14-15-18(20,4-2)17(19)22/h16,21H,3-15,20H2,1-2H3,(H2,19,22). The average molecular weight is 315 g/mol. The lowest BCUT2D eigenvalue weighted by Crippen LogP contribution is -2.51. The van der Waals surface area contributed by atoms with E-state index in [1.165, 1.54) is 51.4 Å². The minimum absolute atomic E-state index is 0.363. The SMILES string of the molecule is CCCCCCCCCCCC(O)CCC(N)(CC)C(N)=O. The van der Waals surface area contributed by atoms with Gasteiger partial charge in [0.2, 0.25) is 5.91 Å². The zero-order chi connectivity index (χ0) is 16.8. The van der Waals surface area contributed by atoms with Crippen molar-refractivity contribution in [2.45, 2.75) is 109 Å². The molecule has 5 N–H and O–H groups in total. The highest BCUT2D eigenvalue weighted by molar-refractivity contribution is 5.84. The van der Waals surface area contributed by atoms with Crippen molar-refractivity contribution in [3.63, 3.8) is 0 Å². The molecular formula is C18H38N2O2. The van der Waals surface area contributed by atoms with E-state index in [1.807, 2.05) is 6.92 Å². The van der Waals surface area contributed by atoms with Gasteiger partial charge in [-0.05, 0) is 25.7 Å². The predicted octanol–water partition coefficient (Wildman–Crippen LogP) is 3.64. The number of unbranched alkanes of at least 4 members (excludes halogenated alkanes) is 8. The quantitative estimate of drug-likeness (QED) is 0.403. The Bertz CT molecular complexity index is 284. The number of hydrogen-bond donors (Lipinski definition) is 3.